The molecular weight excluding hydrogens is 334 g/mol. The number of carbonyl (C=O) groups is 3. The summed E-state index contributed by atoms with van der Waals surface area (Å²) in [4.78, 5) is 38.0. The predicted molar refractivity (Wildman–Crippen MR) is 84.6 cm³/mol. The summed E-state index contributed by atoms with van der Waals surface area (Å²) in [5.41, 5.74) is -0.0757. The number of nitrogens with zero attached hydrogens (tertiary/aromatic N) is 2. The minimum absolute atomic E-state index is 0.0757. The molecule has 0 aliphatic carbocycles. The lowest BCUT2D eigenvalue weighted by Gasteiger charge is -2.32. The molecule has 1 aliphatic rings. The molecule has 1 aromatic carbocycles. The minimum atomic E-state index is -0.941. The second-order valence-electron chi connectivity index (χ2n) is 6.18. The van der Waals surface area contributed by atoms with E-state index in [2.05, 4.69) is 0 Å². The van der Waals surface area contributed by atoms with Crippen LogP contribution in [0.3, 0.4) is 0 Å². The summed E-state index contributed by atoms with van der Waals surface area (Å²) in [7, 11) is 1.40. The van der Waals surface area contributed by atoms with Crippen molar-refractivity contribution < 1.29 is 28.3 Å². The Morgan fingerprint density at radius 1 is 1.32 bits per heavy atom. The van der Waals surface area contributed by atoms with Gasteiger partial charge in [0, 0.05) is 25.7 Å². The molecule has 136 valence electrons. The standard InChI is InChI=1S/C17H20F2N2O4/c1-20(15(22)8-12-7-13(18)4-5-14(12)19)10-16(23)21-6-2-3-11(9-21)17(24)25/h4-5,7,11H,2-3,6,8-10H2,1H3,(H,24,25). The molecule has 8 heteroatoms. The van der Waals surface area contributed by atoms with Crippen LogP contribution in [-0.4, -0.2) is 59.4 Å². The van der Waals surface area contributed by atoms with Gasteiger partial charge in [-0.25, -0.2) is 8.78 Å². The van der Waals surface area contributed by atoms with Crippen LogP contribution in [0.1, 0.15) is 18.4 Å². The summed E-state index contributed by atoms with van der Waals surface area (Å²) >= 11 is 0. The van der Waals surface area contributed by atoms with Crippen LogP contribution in [0.5, 0.6) is 0 Å². The topological polar surface area (TPSA) is 77.9 Å². The van der Waals surface area contributed by atoms with Gasteiger partial charge in [0.05, 0.1) is 18.9 Å². The van der Waals surface area contributed by atoms with E-state index in [9.17, 15) is 23.2 Å². The lowest BCUT2D eigenvalue weighted by Crippen LogP contribution is -2.47. The van der Waals surface area contributed by atoms with Gasteiger partial charge < -0.3 is 14.9 Å². The van der Waals surface area contributed by atoms with E-state index in [1.807, 2.05) is 0 Å². The van der Waals surface area contributed by atoms with Crippen molar-refractivity contribution in [3.05, 3.63) is 35.4 Å². The van der Waals surface area contributed by atoms with Crippen molar-refractivity contribution in [1.82, 2.24) is 9.80 Å². The maximum absolute atomic E-state index is 13.6. The van der Waals surface area contributed by atoms with E-state index in [-0.39, 0.29) is 31.0 Å². The highest BCUT2D eigenvalue weighted by Crippen LogP contribution is 2.17. The summed E-state index contributed by atoms with van der Waals surface area (Å²) in [5.74, 6) is -3.75. The van der Waals surface area contributed by atoms with Crippen molar-refractivity contribution in [3.8, 4) is 0 Å². The molecule has 1 N–H and O–H groups in total. The number of amides is 2. The van der Waals surface area contributed by atoms with E-state index in [0.717, 1.165) is 23.1 Å². The van der Waals surface area contributed by atoms with Gasteiger partial charge in [-0.15, -0.1) is 0 Å². The van der Waals surface area contributed by atoms with Gasteiger partial charge in [-0.1, -0.05) is 0 Å². The third kappa shape index (κ3) is 4.98. The maximum atomic E-state index is 13.6. The fourth-order valence-electron chi connectivity index (χ4n) is 2.77. The molecule has 2 rings (SSSR count). The summed E-state index contributed by atoms with van der Waals surface area (Å²) in [5, 5.41) is 9.05. The summed E-state index contributed by atoms with van der Waals surface area (Å²) in [6, 6.07) is 2.86. The van der Waals surface area contributed by atoms with E-state index >= 15 is 0 Å². The van der Waals surface area contributed by atoms with E-state index in [4.69, 9.17) is 5.11 Å². The monoisotopic (exact) mass is 354 g/mol. The Balaban J connectivity index is 1.93. The highest BCUT2D eigenvalue weighted by atomic mass is 19.1. The van der Waals surface area contributed by atoms with Gasteiger partial charge in [0.2, 0.25) is 11.8 Å². The first-order chi connectivity index (χ1) is 11.8. The Morgan fingerprint density at radius 3 is 2.72 bits per heavy atom. The van der Waals surface area contributed by atoms with Crippen molar-refractivity contribution in [3.63, 3.8) is 0 Å². The Hall–Kier alpha value is -2.51. The molecule has 0 radical (unpaired) electrons. The number of aliphatic carboxylic acids is 1. The quantitative estimate of drug-likeness (QED) is 0.864. The number of halogens is 2. The number of likely N-dealkylation sites (tertiary alicyclic amines) is 1. The fourth-order valence-corrected chi connectivity index (χ4v) is 2.77. The van der Waals surface area contributed by atoms with Gasteiger partial charge in [0.25, 0.3) is 0 Å². The highest BCUT2D eigenvalue weighted by molar-refractivity contribution is 5.86. The molecule has 1 saturated heterocycles. The molecule has 1 atom stereocenters. The Morgan fingerprint density at radius 2 is 2.04 bits per heavy atom. The third-order valence-electron chi connectivity index (χ3n) is 4.27. The number of piperidine rings is 1. The van der Waals surface area contributed by atoms with Crippen LogP contribution in [0.4, 0.5) is 8.78 Å². The first-order valence-corrected chi connectivity index (χ1v) is 7.96. The van der Waals surface area contributed by atoms with E-state index in [0.29, 0.717) is 19.4 Å². The molecule has 1 unspecified atom stereocenters. The number of carboxylic acids is 1. The Kier molecular flexibility index (Phi) is 6.06. The molecule has 1 aromatic rings. The normalized spacial score (nSPS) is 17.2. The van der Waals surface area contributed by atoms with Crippen molar-refractivity contribution >= 4 is 17.8 Å². The molecule has 25 heavy (non-hydrogen) atoms. The molecule has 0 saturated carbocycles. The number of likely N-dealkylation sites (N-methyl/N-ethyl adjacent to an activating group) is 1. The average Bonchev–Trinajstić information content (AvgIpc) is 2.58. The largest absolute Gasteiger partial charge is 0.481 e. The van der Waals surface area contributed by atoms with Gasteiger partial charge in [-0.05, 0) is 31.0 Å². The van der Waals surface area contributed by atoms with E-state index in [1.165, 1.54) is 11.9 Å². The fraction of sp³-hybridized carbons (Fsp3) is 0.471. The van der Waals surface area contributed by atoms with Crippen LogP contribution in [-0.2, 0) is 20.8 Å². The molecule has 1 heterocycles. The van der Waals surface area contributed by atoms with Crippen molar-refractivity contribution in [2.24, 2.45) is 5.92 Å². The van der Waals surface area contributed by atoms with Crippen LogP contribution in [0.2, 0.25) is 0 Å². The smallest absolute Gasteiger partial charge is 0.308 e. The molecular formula is C17H20F2N2O4. The Bertz CT molecular complexity index is 681. The molecule has 0 spiro atoms. The number of carbonyl (C=O) groups excluding carboxylic acids is 2. The van der Waals surface area contributed by atoms with Crippen LogP contribution < -0.4 is 0 Å². The lowest BCUT2D eigenvalue weighted by atomic mass is 9.98. The van der Waals surface area contributed by atoms with Gasteiger partial charge in [-0.3, -0.25) is 14.4 Å². The first kappa shape index (κ1) is 18.8. The predicted octanol–water partition coefficient (Wildman–Crippen LogP) is 1.29. The second kappa shape index (κ2) is 8.04. The number of carboxylic acid groups (broad SMARTS) is 1. The van der Waals surface area contributed by atoms with Gasteiger partial charge >= 0.3 is 5.97 Å². The molecule has 2 amide bonds. The zero-order valence-corrected chi connectivity index (χ0v) is 13.9. The van der Waals surface area contributed by atoms with Gasteiger partial charge in [0.1, 0.15) is 11.6 Å². The number of hydrogen-bond acceptors (Lipinski definition) is 3. The van der Waals surface area contributed by atoms with Crippen molar-refractivity contribution in [1.29, 1.82) is 0 Å². The van der Waals surface area contributed by atoms with Crippen LogP contribution in [0.25, 0.3) is 0 Å². The maximum Gasteiger partial charge on any atom is 0.308 e. The number of hydrogen-bond donors (Lipinski definition) is 1. The molecule has 1 aliphatic heterocycles. The SMILES string of the molecule is CN(CC(=O)N1CCCC(C(=O)O)C1)C(=O)Cc1cc(F)ccc1F. The summed E-state index contributed by atoms with van der Waals surface area (Å²) < 4.78 is 26.8. The highest BCUT2D eigenvalue weighted by Gasteiger charge is 2.29. The summed E-state index contributed by atoms with van der Waals surface area (Å²) in [6.07, 6.45) is 0.757. The van der Waals surface area contributed by atoms with Gasteiger partial charge in [0.15, 0.2) is 0 Å². The molecule has 0 aromatic heterocycles. The summed E-state index contributed by atoms with van der Waals surface area (Å²) in [6.45, 7) is 0.333. The molecule has 0 bridgehead atoms. The molecule has 1 fully saturated rings. The van der Waals surface area contributed by atoms with E-state index < -0.39 is 29.4 Å². The second-order valence-corrected chi connectivity index (χ2v) is 6.18. The third-order valence-corrected chi connectivity index (χ3v) is 4.27. The van der Waals surface area contributed by atoms with Crippen LogP contribution in [0.15, 0.2) is 18.2 Å². The van der Waals surface area contributed by atoms with Crippen LogP contribution >= 0.6 is 0 Å². The van der Waals surface area contributed by atoms with Crippen molar-refractivity contribution in [2.45, 2.75) is 19.3 Å². The minimum Gasteiger partial charge on any atom is -0.481 e. The number of benzene rings is 1. The van der Waals surface area contributed by atoms with Crippen LogP contribution in [0, 0.1) is 17.6 Å². The number of rotatable bonds is 5. The van der Waals surface area contributed by atoms with Crippen molar-refractivity contribution in [2.75, 3.05) is 26.7 Å². The first-order valence-electron chi connectivity index (χ1n) is 7.96. The van der Waals surface area contributed by atoms with E-state index in [1.54, 1.807) is 0 Å². The average molecular weight is 354 g/mol. The van der Waals surface area contributed by atoms with Gasteiger partial charge in [-0.2, -0.15) is 0 Å². The molecule has 6 nitrogen and oxygen atoms in total. The lowest BCUT2D eigenvalue weighted by molar-refractivity contribution is -0.147. The Labute approximate surface area is 144 Å². The zero-order chi connectivity index (χ0) is 18.6. The zero-order valence-electron chi connectivity index (χ0n) is 13.9.